The van der Waals surface area contributed by atoms with Crippen LogP contribution in [-0.2, 0) is 4.65 Å². The Labute approximate surface area is 87.5 Å². The molecule has 1 N–H and O–H groups in total. The number of hydrogen-bond acceptors (Lipinski definition) is 2. The molecule has 0 bridgehead atoms. The van der Waals surface area contributed by atoms with Crippen LogP contribution in [0, 0.1) is 10.8 Å². The Morgan fingerprint density at radius 2 is 1.57 bits per heavy atom. The van der Waals surface area contributed by atoms with E-state index < -0.39 is 7.12 Å². The summed E-state index contributed by atoms with van der Waals surface area (Å²) in [5.74, 6) is 0. The molecule has 1 aliphatic rings. The Morgan fingerprint density at radius 3 is 1.86 bits per heavy atom. The highest BCUT2D eigenvalue weighted by molar-refractivity contribution is 6.53. The summed E-state index contributed by atoms with van der Waals surface area (Å²) in [5.41, 5.74) is 2.38. The standard InChI is InChI=1S/C11H21BO2/c1-10(2,3)8-7-14-12(13)9(8)11(4,5)6/h13H,7H2,1-6H3. The van der Waals surface area contributed by atoms with Gasteiger partial charge in [-0.15, -0.1) is 0 Å². The van der Waals surface area contributed by atoms with Gasteiger partial charge in [-0.25, -0.2) is 0 Å². The van der Waals surface area contributed by atoms with Crippen LogP contribution in [0.4, 0.5) is 0 Å². The predicted molar refractivity (Wildman–Crippen MR) is 59.9 cm³/mol. The van der Waals surface area contributed by atoms with E-state index in [1.165, 1.54) is 5.57 Å². The summed E-state index contributed by atoms with van der Waals surface area (Å²) < 4.78 is 5.31. The van der Waals surface area contributed by atoms with E-state index in [1.54, 1.807) is 0 Å². The molecule has 0 atom stereocenters. The molecule has 0 amide bonds. The molecular formula is C11H21BO2. The Balaban J connectivity index is 3.16. The molecule has 0 unspecified atom stereocenters. The Bertz CT molecular complexity index is 255. The summed E-state index contributed by atoms with van der Waals surface area (Å²) in [5, 5.41) is 9.78. The Morgan fingerprint density at radius 1 is 1.07 bits per heavy atom. The second-order valence-electron chi connectivity index (χ2n) is 6.06. The number of hydrogen-bond donors (Lipinski definition) is 1. The molecule has 80 valence electrons. The van der Waals surface area contributed by atoms with E-state index in [4.69, 9.17) is 4.65 Å². The van der Waals surface area contributed by atoms with Crippen molar-refractivity contribution in [1.82, 2.24) is 0 Å². The molecule has 1 aliphatic heterocycles. The number of allylic oxidation sites excluding steroid dienone is 1. The lowest BCUT2D eigenvalue weighted by Crippen LogP contribution is -2.26. The van der Waals surface area contributed by atoms with Gasteiger partial charge in [-0.05, 0) is 21.9 Å². The molecule has 1 heterocycles. The summed E-state index contributed by atoms with van der Waals surface area (Å²) >= 11 is 0. The van der Waals surface area contributed by atoms with Crippen molar-refractivity contribution < 1.29 is 9.68 Å². The highest BCUT2D eigenvalue weighted by atomic mass is 16.5. The lowest BCUT2D eigenvalue weighted by atomic mass is 9.62. The van der Waals surface area contributed by atoms with Crippen LogP contribution < -0.4 is 0 Å². The van der Waals surface area contributed by atoms with Crippen LogP contribution in [-0.4, -0.2) is 18.7 Å². The SMILES string of the molecule is CC(C)(C)C1=C(C(C)(C)C)B(O)OC1. The van der Waals surface area contributed by atoms with E-state index in [2.05, 4.69) is 41.5 Å². The number of rotatable bonds is 0. The second-order valence-corrected chi connectivity index (χ2v) is 6.06. The van der Waals surface area contributed by atoms with Crippen molar-refractivity contribution in [2.45, 2.75) is 41.5 Å². The third-order valence-electron chi connectivity index (χ3n) is 2.67. The molecule has 0 aromatic rings. The van der Waals surface area contributed by atoms with E-state index in [-0.39, 0.29) is 10.8 Å². The Hall–Kier alpha value is -0.275. The first-order valence-corrected chi connectivity index (χ1v) is 5.17. The Kier molecular flexibility index (Phi) is 2.85. The van der Waals surface area contributed by atoms with Gasteiger partial charge in [-0.3, -0.25) is 0 Å². The van der Waals surface area contributed by atoms with E-state index in [0.717, 1.165) is 5.47 Å². The summed E-state index contributed by atoms with van der Waals surface area (Å²) in [7, 11) is -0.704. The van der Waals surface area contributed by atoms with Gasteiger partial charge in [-0.1, -0.05) is 41.5 Å². The van der Waals surface area contributed by atoms with E-state index in [1.807, 2.05) is 0 Å². The average Bonchev–Trinajstić information content (AvgIpc) is 2.27. The molecule has 0 fully saturated rings. The maximum absolute atomic E-state index is 9.78. The fourth-order valence-electron chi connectivity index (χ4n) is 1.92. The van der Waals surface area contributed by atoms with Crippen molar-refractivity contribution in [3.63, 3.8) is 0 Å². The topological polar surface area (TPSA) is 29.5 Å². The molecule has 0 saturated heterocycles. The molecule has 0 spiro atoms. The molecule has 14 heavy (non-hydrogen) atoms. The van der Waals surface area contributed by atoms with E-state index >= 15 is 0 Å². The molecule has 0 saturated carbocycles. The first kappa shape index (κ1) is 11.8. The van der Waals surface area contributed by atoms with Gasteiger partial charge in [0.15, 0.2) is 0 Å². The van der Waals surface area contributed by atoms with Crippen LogP contribution in [0.2, 0.25) is 0 Å². The maximum Gasteiger partial charge on any atom is 0.487 e. The van der Waals surface area contributed by atoms with Gasteiger partial charge >= 0.3 is 7.12 Å². The lowest BCUT2D eigenvalue weighted by molar-refractivity contribution is 0.290. The van der Waals surface area contributed by atoms with Gasteiger partial charge in [0.2, 0.25) is 0 Å². The van der Waals surface area contributed by atoms with Crippen molar-refractivity contribution in [2.24, 2.45) is 10.8 Å². The minimum Gasteiger partial charge on any atom is -0.423 e. The molecule has 1 rings (SSSR count). The normalized spacial score (nSPS) is 19.5. The van der Waals surface area contributed by atoms with Gasteiger partial charge in [0, 0.05) is 0 Å². The molecule has 0 aliphatic carbocycles. The second kappa shape index (κ2) is 3.39. The van der Waals surface area contributed by atoms with Crippen molar-refractivity contribution in [1.29, 1.82) is 0 Å². The zero-order valence-corrected chi connectivity index (χ0v) is 10.1. The summed E-state index contributed by atoms with van der Waals surface area (Å²) in [4.78, 5) is 0. The molecule has 0 aromatic heterocycles. The molecular weight excluding hydrogens is 175 g/mol. The van der Waals surface area contributed by atoms with Crippen LogP contribution in [0.3, 0.4) is 0 Å². The van der Waals surface area contributed by atoms with Crippen molar-refractivity contribution >= 4 is 7.12 Å². The van der Waals surface area contributed by atoms with Gasteiger partial charge < -0.3 is 9.68 Å². The van der Waals surface area contributed by atoms with Crippen LogP contribution in [0.5, 0.6) is 0 Å². The summed E-state index contributed by atoms with van der Waals surface area (Å²) in [6, 6.07) is 0. The third kappa shape index (κ3) is 2.21. The van der Waals surface area contributed by atoms with Crippen LogP contribution in [0.15, 0.2) is 11.0 Å². The zero-order valence-electron chi connectivity index (χ0n) is 10.1. The van der Waals surface area contributed by atoms with Crippen LogP contribution >= 0.6 is 0 Å². The zero-order chi connectivity index (χ0) is 11.1. The molecule has 0 radical (unpaired) electrons. The highest BCUT2D eigenvalue weighted by Gasteiger charge is 2.40. The molecule has 0 aromatic carbocycles. The predicted octanol–water partition coefficient (Wildman–Crippen LogP) is 2.43. The molecule has 3 heteroatoms. The van der Waals surface area contributed by atoms with E-state index in [9.17, 15) is 5.02 Å². The van der Waals surface area contributed by atoms with Gasteiger partial charge in [-0.2, -0.15) is 0 Å². The van der Waals surface area contributed by atoms with E-state index in [0.29, 0.717) is 6.61 Å². The van der Waals surface area contributed by atoms with Crippen molar-refractivity contribution in [2.75, 3.05) is 6.61 Å². The smallest absolute Gasteiger partial charge is 0.423 e. The third-order valence-corrected chi connectivity index (χ3v) is 2.67. The van der Waals surface area contributed by atoms with Gasteiger partial charge in [0.25, 0.3) is 0 Å². The minimum atomic E-state index is -0.704. The molecule has 2 nitrogen and oxygen atoms in total. The minimum absolute atomic E-state index is 0.0153. The quantitative estimate of drug-likeness (QED) is 0.603. The monoisotopic (exact) mass is 196 g/mol. The van der Waals surface area contributed by atoms with Crippen molar-refractivity contribution in [3.05, 3.63) is 11.0 Å². The fraction of sp³-hybridized carbons (Fsp3) is 0.818. The first-order valence-electron chi connectivity index (χ1n) is 5.17. The van der Waals surface area contributed by atoms with Gasteiger partial charge in [0.1, 0.15) is 0 Å². The van der Waals surface area contributed by atoms with Crippen LogP contribution in [0.25, 0.3) is 0 Å². The maximum atomic E-state index is 9.78. The average molecular weight is 196 g/mol. The summed E-state index contributed by atoms with van der Waals surface area (Å²) in [6.07, 6.45) is 0. The first-order chi connectivity index (χ1) is 6.14. The lowest BCUT2D eigenvalue weighted by Gasteiger charge is -2.28. The van der Waals surface area contributed by atoms with Crippen LogP contribution in [0.1, 0.15) is 41.5 Å². The highest BCUT2D eigenvalue weighted by Crippen LogP contribution is 2.40. The van der Waals surface area contributed by atoms with Crippen molar-refractivity contribution in [3.8, 4) is 0 Å². The van der Waals surface area contributed by atoms with Gasteiger partial charge in [0.05, 0.1) is 6.61 Å². The fourth-order valence-corrected chi connectivity index (χ4v) is 1.92. The largest absolute Gasteiger partial charge is 0.487 e. The summed E-state index contributed by atoms with van der Waals surface area (Å²) in [6.45, 7) is 13.4.